The van der Waals surface area contributed by atoms with E-state index in [0.29, 0.717) is 19.7 Å². The van der Waals surface area contributed by atoms with Crippen LogP contribution in [-0.2, 0) is 28.4 Å². The van der Waals surface area contributed by atoms with Crippen LogP contribution in [0.5, 0.6) is 0 Å². The molecule has 0 aromatic carbocycles. The van der Waals surface area contributed by atoms with E-state index >= 15 is 0 Å². The van der Waals surface area contributed by atoms with Crippen molar-refractivity contribution in [3.05, 3.63) is 33.9 Å². The van der Waals surface area contributed by atoms with Gasteiger partial charge in [0.15, 0.2) is 0 Å². The van der Waals surface area contributed by atoms with Gasteiger partial charge < -0.3 is 9.30 Å². The largest absolute Gasteiger partial charge is 0.377 e. The number of hydrogen-bond acceptors (Lipinski definition) is 5. The molecule has 1 atom stereocenters. The Hall–Kier alpha value is -0.930. The maximum absolute atomic E-state index is 13.0. The first-order valence-corrected chi connectivity index (χ1v) is 9.99. The lowest BCUT2D eigenvalue weighted by Crippen LogP contribution is -2.37. The molecule has 0 spiro atoms. The van der Waals surface area contributed by atoms with E-state index in [1.54, 1.807) is 7.05 Å². The number of imidazole rings is 1. The predicted molar refractivity (Wildman–Crippen MR) is 89.1 cm³/mol. The van der Waals surface area contributed by atoms with Gasteiger partial charge in [0.25, 0.3) is 10.0 Å². The summed E-state index contributed by atoms with van der Waals surface area (Å²) in [5.74, 6) is 0. The maximum Gasteiger partial charge on any atom is 0.264 e. The molecule has 0 aliphatic carbocycles. The first kappa shape index (κ1) is 16.9. The van der Waals surface area contributed by atoms with Gasteiger partial charge in [-0.2, -0.15) is 4.31 Å². The summed E-state index contributed by atoms with van der Waals surface area (Å²) < 4.78 is 34.5. The Morgan fingerprint density at radius 2 is 2.39 bits per heavy atom. The van der Waals surface area contributed by atoms with Crippen LogP contribution in [0.15, 0.2) is 28.9 Å². The second kappa shape index (κ2) is 6.90. The zero-order valence-corrected chi connectivity index (χ0v) is 15.1. The van der Waals surface area contributed by atoms with E-state index in [-0.39, 0.29) is 16.3 Å². The molecule has 1 aliphatic heterocycles. The number of sulfonamides is 1. The summed E-state index contributed by atoms with van der Waals surface area (Å²) in [5, 5.41) is 1.95. The lowest BCUT2D eigenvalue weighted by atomic mass is 10.2. The molecule has 126 valence electrons. The van der Waals surface area contributed by atoms with Crippen molar-refractivity contribution in [2.45, 2.75) is 30.5 Å². The number of thiophene rings is 1. The third kappa shape index (κ3) is 3.61. The molecule has 23 heavy (non-hydrogen) atoms. The van der Waals surface area contributed by atoms with Crippen LogP contribution in [0.25, 0.3) is 0 Å². The van der Waals surface area contributed by atoms with E-state index in [0.717, 1.165) is 17.7 Å². The highest BCUT2D eigenvalue weighted by molar-refractivity contribution is 7.89. The molecule has 0 N–H and O–H groups in total. The minimum absolute atomic E-state index is 0.0766. The second-order valence-corrected chi connectivity index (χ2v) is 8.71. The van der Waals surface area contributed by atoms with Gasteiger partial charge in [-0.15, -0.1) is 11.3 Å². The van der Waals surface area contributed by atoms with Crippen LogP contribution in [0.4, 0.5) is 0 Å². The van der Waals surface area contributed by atoms with E-state index < -0.39 is 10.0 Å². The number of halogens is 1. The van der Waals surface area contributed by atoms with Gasteiger partial charge in [0.1, 0.15) is 5.15 Å². The fraction of sp³-hybridized carbons (Fsp3) is 0.500. The van der Waals surface area contributed by atoms with Gasteiger partial charge in [0.05, 0.1) is 12.4 Å². The molecule has 2 aromatic heterocycles. The van der Waals surface area contributed by atoms with Gasteiger partial charge >= 0.3 is 0 Å². The van der Waals surface area contributed by atoms with Crippen LogP contribution >= 0.6 is 22.9 Å². The topological polar surface area (TPSA) is 64.4 Å². The Bertz CT molecular complexity index is 752. The summed E-state index contributed by atoms with van der Waals surface area (Å²) in [7, 11) is -2.11. The van der Waals surface area contributed by atoms with Crippen LogP contribution in [0.3, 0.4) is 0 Å². The Balaban J connectivity index is 1.90. The minimum Gasteiger partial charge on any atom is -0.377 e. The van der Waals surface area contributed by atoms with Gasteiger partial charge in [-0.3, -0.25) is 0 Å². The highest BCUT2D eigenvalue weighted by Gasteiger charge is 2.33. The molecule has 3 heterocycles. The molecule has 0 bridgehead atoms. The van der Waals surface area contributed by atoms with Gasteiger partial charge in [-0.05, 0) is 24.3 Å². The number of nitrogens with zero attached hydrogens (tertiary/aromatic N) is 3. The van der Waals surface area contributed by atoms with Crippen molar-refractivity contribution in [3.8, 4) is 0 Å². The van der Waals surface area contributed by atoms with Crippen molar-refractivity contribution in [2.24, 2.45) is 7.05 Å². The Labute approximate surface area is 144 Å². The molecule has 3 rings (SSSR count). The lowest BCUT2D eigenvalue weighted by Gasteiger charge is -2.23. The number of ether oxygens (including phenoxy) is 1. The number of aryl methyl sites for hydroxylation is 1. The first-order chi connectivity index (χ1) is 11.0. The first-order valence-electron chi connectivity index (χ1n) is 7.29. The summed E-state index contributed by atoms with van der Waals surface area (Å²) in [6.45, 7) is 1.29. The third-order valence-electron chi connectivity index (χ3n) is 3.76. The standard InChI is InChI=1S/C14H18ClN3O3S2/c1-17-10-16-14(13(17)15)23(19,20)18(8-11-4-2-6-21-11)9-12-5-3-7-22-12/h3,5,7,10-11H,2,4,6,8-9H2,1H3. The maximum atomic E-state index is 13.0. The van der Waals surface area contributed by atoms with Crippen LogP contribution in [0, 0.1) is 0 Å². The summed E-state index contributed by atoms with van der Waals surface area (Å²) >= 11 is 7.63. The van der Waals surface area contributed by atoms with Crippen molar-refractivity contribution >= 4 is 33.0 Å². The molecule has 6 nitrogen and oxygen atoms in total. The normalized spacial score (nSPS) is 18.8. The van der Waals surface area contributed by atoms with E-state index in [4.69, 9.17) is 16.3 Å². The van der Waals surface area contributed by atoms with E-state index in [9.17, 15) is 8.42 Å². The van der Waals surface area contributed by atoms with Gasteiger partial charge in [-0.25, -0.2) is 13.4 Å². The van der Waals surface area contributed by atoms with Crippen molar-refractivity contribution in [1.29, 1.82) is 0 Å². The Morgan fingerprint density at radius 1 is 1.57 bits per heavy atom. The second-order valence-electron chi connectivity index (χ2n) is 5.46. The highest BCUT2D eigenvalue weighted by Crippen LogP contribution is 2.26. The van der Waals surface area contributed by atoms with Crippen molar-refractivity contribution in [1.82, 2.24) is 13.9 Å². The average molecular weight is 376 g/mol. The summed E-state index contributed by atoms with van der Waals surface area (Å²) in [6.07, 6.45) is 3.16. The molecular formula is C14H18ClN3O3S2. The molecule has 1 saturated heterocycles. The van der Waals surface area contributed by atoms with Crippen molar-refractivity contribution in [3.63, 3.8) is 0 Å². The van der Waals surface area contributed by atoms with Crippen molar-refractivity contribution < 1.29 is 13.2 Å². The quantitative estimate of drug-likeness (QED) is 0.778. The molecule has 2 aromatic rings. The Morgan fingerprint density at radius 3 is 2.96 bits per heavy atom. The summed E-state index contributed by atoms with van der Waals surface area (Å²) in [5.41, 5.74) is 0. The summed E-state index contributed by atoms with van der Waals surface area (Å²) in [6, 6.07) is 3.83. The fourth-order valence-electron chi connectivity index (χ4n) is 2.53. The SMILES string of the molecule is Cn1cnc(S(=O)(=O)N(Cc2cccs2)CC2CCCO2)c1Cl. The van der Waals surface area contributed by atoms with Gasteiger partial charge in [-0.1, -0.05) is 17.7 Å². The third-order valence-corrected chi connectivity index (χ3v) is 6.93. The Kier molecular flexibility index (Phi) is 5.07. The molecule has 0 amide bonds. The van der Waals surface area contributed by atoms with Crippen LogP contribution < -0.4 is 0 Å². The van der Waals surface area contributed by atoms with E-state index in [2.05, 4.69) is 4.98 Å². The highest BCUT2D eigenvalue weighted by atomic mass is 35.5. The van der Waals surface area contributed by atoms with Gasteiger partial charge in [0.2, 0.25) is 5.03 Å². The van der Waals surface area contributed by atoms with E-state index in [1.165, 1.54) is 26.5 Å². The number of aromatic nitrogens is 2. The molecular weight excluding hydrogens is 358 g/mol. The minimum atomic E-state index is -3.78. The van der Waals surface area contributed by atoms with Crippen molar-refractivity contribution in [2.75, 3.05) is 13.2 Å². The smallest absolute Gasteiger partial charge is 0.264 e. The monoisotopic (exact) mass is 375 g/mol. The molecule has 1 fully saturated rings. The predicted octanol–water partition coefficient (Wildman–Crippen LogP) is 2.50. The fourth-order valence-corrected chi connectivity index (χ4v) is 5.17. The molecule has 1 unspecified atom stereocenters. The lowest BCUT2D eigenvalue weighted by molar-refractivity contribution is 0.0927. The van der Waals surface area contributed by atoms with Gasteiger partial charge in [0, 0.05) is 31.6 Å². The molecule has 0 saturated carbocycles. The zero-order chi connectivity index (χ0) is 16.4. The molecule has 0 radical (unpaired) electrons. The number of hydrogen-bond donors (Lipinski definition) is 0. The average Bonchev–Trinajstić information content (AvgIpc) is 3.23. The van der Waals surface area contributed by atoms with Crippen LogP contribution in [0.1, 0.15) is 17.7 Å². The summed E-state index contributed by atoms with van der Waals surface area (Å²) in [4.78, 5) is 4.95. The van der Waals surface area contributed by atoms with E-state index in [1.807, 2.05) is 17.5 Å². The zero-order valence-electron chi connectivity index (χ0n) is 12.7. The van der Waals surface area contributed by atoms with Crippen LogP contribution in [-0.4, -0.2) is 41.5 Å². The van der Waals surface area contributed by atoms with Crippen LogP contribution in [0.2, 0.25) is 5.15 Å². The molecule has 9 heteroatoms. The molecule has 1 aliphatic rings. The number of rotatable bonds is 6.